The van der Waals surface area contributed by atoms with Crippen LogP contribution in [0.2, 0.25) is 10.0 Å². The molecule has 0 spiro atoms. The predicted octanol–water partition coefficient (Wildman–Crippen LogP) is 5.71. The molecule has 1 heterocycles. The Labute approximate surface area is 216 Å². The lowest BCUT2D eigenvalue weighted by molar-refractivity contribution is 0.282. The molecule has 0 amide bonds. The van der Waals surface area contributed by atoms with Gasteiger partial charge in [0.15, 0.2) is 0 Å². The van der Waals surface area contributed by atoms with Crippen LogP contribution in [0.25, 0.3) is 5.57 Å². The zero-order valence-corrected chi connectivity index (χ0v) is 22.3. The third-order valence-electron chi connectivity index (χ3n) is 5.44. The fraction of sp³-hybridized carbons (Fsp3) is 0.308. The van der Waals surface area contributed by atoms with Gasteiger partial charge in [-0.1, -0.05) is 72.3 Å². The predicted molar refractivity (Wildman–Crippen MR) is 153 cm³/mol. The van der Waals surface area contributed by atoms with E-state index in [1.165, 1.54) is 25.9 Å². The number of likely N-dealkylation sites (tertiary alicyclic amines) is 1. The Morgan fingerprint density at radius 2 is 1.85 bits per heavy atom. The van der Waals surface area contributed by atoms with Crippen LogP contribution >= 0.6 is 32.4 Å². The van der Waals surface area contributed by atoms with E-state index in [9.17, 15) is 0 Å². The van der Waals surface area contributed by atoms with Gasteiger partial charge in [-0.25, -0.2) is 0 Å². The van der Waals surface area contributed by atoms with Gasteiger partial charge in [-0.05, 0) is 62.4 Å². The summed E-state index contributed by atoms with van der Waals surface area (Å²) in [5.74, 6) is 0. The van der Waals surface area contributed by atoms with Crippen LogP contribution < -0.4 is 10.7 Å². The van der Waals surface area contributed by atoms with Crippen LogP contribution in [-0.2, 0) is 0 Å². The van der Waals surface area contributed by atoms with Gasteiger partial charge >= 0.3 is 0 Å². The second-order valence-corrected chi connectivity index (χ2v) is 9.82. The van der Waals surface area contributed by atoms with Crippen LogP contribution in [-0.4, -0.2) is 55.8 Å². The lowest BCUT2D eigenvalue weighted by Gasteiger charge is -2.25. The normalized spacial score (nSPS) is 15.6. The Kier molecular flexibility index (Phi) is 12.5. The molecule has 0 saturated carbocycles. The largest absolute Gasteiger partial charge is 0.306 e. The molecular weight excluding hydrogens is 484 g/mol. The van der Waals surface area contributed by atoms with Crippen LogP contribution in [0.1, 0.15) is 24.0 Å². The van der Waals surface area contributed by atoms with E-state index < -0.39 is 0 Å². The number of benzene rings is 2. The van der Waals surface area contributed by atoms with Crippen molar-refractivity contribution in [3.05, 3.63) is 88.4 Å². The second-order valence-electron chi connectivity index (χ2n) is 8.03. The monoisotopic (exact) mass is 517 g/mol. The van der Waals surface area contributed by atoms with Gasteiger partial charge in [0.2, 0.25) is 0 Å². The molecule has 1 fully saturated rings. The summed E-state index contributed by atoms with van der Waals surface area (Å²) < 4.78 is 0. The van der Waals surface area contributed by atoms with E-state index in [-0.39, 0.29) is 6.17 Å². The quantitative estimate of drug-likeness (QED) is 0.131. The molecule has 3 rings (SSSR count). The van der Waals surface area contributed by atoms with Gasteiger partial charge in [-0.3, -0.25) is 16.2 Å². The molecule has 0 aromatic heterocycles. The number of rotatable bonds is 9. The van der Waals surface area contributed by atoms with Gasteiger partial charge in [0.25, 0.3) is 0 Å². The number of hydrogen-bond acceptors (Lipinski definition) is 5. The fourth-order valence-electron chi connectivity index (χ4n) is 3.40. The highest BCUT2D eigenvalue weighted by Crippen LogP contribution is 2.25. The SMILES string of the molecule is C=CC(NC/C=C(\C(=N)c1ccccc1Cl)c1ccc(Cl)cc1)NN=C.CN1CCC(P)CC1. The average Bonchev–Trinajstić information content (AvgIpc) is 2.84. The van der Waals surface area contributed by atoms with Crippen molar-refractivity contribution in [3.8, 4) is 0 Å². The van der Waals surface area contributed by atoms with Gasteiger partial charge in [-0.2, -0.15) is 5.10 Å². The average molecular weight is 518 g/mol. The number of piperidine rings is 1. The number of nitrogens with zero attached hydrogens (tertiary/aromatic N) is 2. The van der Waals surface area contributed by atoms with Crippen molar-refractivity contribution in [3.63, 3.8) is 0 Å². The van der Waals surface area contributed by atoms with E-state index in [1.807, 2.05) is 36.4 Å². The summed E-state index contributed by atoms with van der Waals surface area (Å²) in [6.45, 7) is 10.2. The first kappa shape index (κ1) is 28.2. The van der Waals surface area contributed by atoms with Crippen LogP contribution in [0.15, 0.2) is 72.4 Å². The number of hydrogen-bond donors (Lipinski definition) is 3. The summed E-state index contributed by atoms with van der Waals surface area (Å²) in [5, 5.41) is 16.7. The first-order chi connectivity index (χ1) is 16.3. The van der Waals surface area contributed by atoms with Crippen molar-refractivity contribution in [2.24, 2.45) is 5.10 Å². The topological polar surface area (TPSA) is 63.5 Å². The molecular formula is C26H34Cl2N5P. The maximum atomic E-state index is 8.65. The van der Waals surface area contributed by atoms with E-state index in [0.717, 1.165) is 16.8 Å². The molecule has 0 bridgehead atoms. The summed E-state index contributed by atoms with van der Waals surface area (Å²) in [6, 6.07) is 14.7. The molecule has 2 aromatic rings. The molecule has 2 aromatic carbocycles. The van der Waals surface area contributed by atoms with E-state index >= 15 is 0 Å². The van der Waals surface area contributed by atoms with Crippen molar-refractivity contribution in [1.82, 2.24) is 15.6 Å². The molecule has 182 valence electrons. The van der Waals surface area contributed by atoms with Crippen molar-refractivity contribution >= 4 is 50.4 Å². The van der Waals surface area contributed by atoms with Gasteiger partial charge < -0.3 is 4.90 Å². The maximum Gasteiger partial charge on any atom is 0.112 e. The zero-order valence-electron chi connectivity index (χ0n) is 19.6. The van der Waals surface area contributed by atoms with Crippen molar-refractivity contribution in [2.45, 2.75) is 24.7 Å². The fourth-order valence-corrected chi connectivity index (χ4v) is 4.05. The summed E-state index contributed by atoms with van der Waals surface area (Å²) in [6.07, 6.45) is 6.12. The van der Waals surface area contributed by atoms with E-state index in [2.05, 4.69) is 50.3 Å². The van der Waals surface area contributed by atoms with Gasteiger partial charge in [0.1, 0.15) is 6.17 Å². The number of halogens is 2. The van der Waals surface area contributed by atoms with Crippen molar-refractivity contribution in [1.29, 1.82) is 5.41 Å². The Hall–Kier alpha value is -2.01. The highest BCUT2D eigenvalue weighted by atomic mass is 35.5. The molecule has 1 aliphatic rings. The number of nitrogens with one attached hydrogen (secondary N) is 3. The van der Waals surface area contributed by atoms with Crippen LogP contribution in [0, 0.1) is 5.41 Å². The summed E-state index contributed by atoms with van der Waals surface area (Å²) in [4.78, 5) is 2.39. The Morgan fingerprint density at radius 1 is 1.21 bits per heavy atom. The van der Waals surface area contributed by atoms with Gasteiger partial charge in [-0.15, -0.1) is 9.24 Å². The number of hydrazone groups is 1. The molecule has 34 heavy (non-hydrogen) atoms. The highest BCUT2D eigenvalue weighted by Gasteiger charge is 2.14. The Bertz CT molecular complexity index is 959. The highest BCUT2D eigenvalue weighted by molar-refractivity contribution is 7.17. The molecule has 0 radical (unpaired) electrons. The molecule has 3 N–H and O–H groups in total. The summed E-state index contributed by atoms with van der Waals surface area (Å²) in [5.41, 5.74) is 6.31. The lowest BCUT2D eigenvalue weighted by Crippen LogP contribution is -2.37. The molecule has 0 aliphatic carbocycles. The molecule has 5 nitrogen and oxygen atoms in total. The van der Waals surface area contributed by atoms with E-state index in [1.54, 1.807) is 24.3 Å². The van der Waals surface area contributed by atoms with Crippen LogP contribution in [0.5, 0.6) is 0 Å². The van der Waals surface area contributed by atoms with Gasteiger partial charge in [0.05, 0.1) is 5.71 Å². The minimum absolute atomic E-state index is 0.218. The first-order valence-electron chi connectivity index (χ1n) is 11.2. The summed E-state index contributed by atoms with van der Waals surface area (Å²) in [7, 11) is 5.09. The van der Waals surface area contributed by atoms with Crippen molar-refractivity contribution in [2.75, 3.05) is 26.7 Å². The Balaban J connectivity index is 0.000000430. The minimum atomic E-state index is -0.218. The lowest BCUT2D eigenvalue weighted by atomic mass is 9.95. The maximum absolute atomic E-state index is 8.65. The van der Waals surface area contributed by atoms with E-state index in [0.29, 0.717) is 27.9 Å². The summed E-state index contributed by atoms with van der Waals surface area (Å²) >= 11 is 12.3. The van der Waals surface area contributed by atoms with Crippen LogP contribution in [0.3, 0.4) is 0 Å². The van der Waals surface area contributed by atoms with Crippen LogP contribution in [0.4, 0.5) is 0 Å². The number of allylic oxidation sites excluding steroid dienone is 1. The third kappa shape index (κ3) is 9.32. The molecule has 1 saturated heterocycles. The minimum Gasteiger partial charge on any atom is -0.306 e. The third-order valence-corrected chi connectivity index (χ3v) is 6.69. The second kappa shape index (κ2) is 15.1. The standard InChI is InChI=1S/C20H20Cl2N4.C6H14NP/c1-3-19(26-24-2)25-13-12-16(14-8-10-15(21)11-9-14)20(23)17-6-4-5-7-18(17)22;1-7-4-2-6(8)3-5-7/h3-12,19,23,25-26H,1-2,13H2;6H,2-5,8H2,1H3/b16-12-,23-20?;. The molecule has 2 atom stereocenters. The zero-order chi connectivity index (χ0) is 24.9. The van der Waals surface area contributed by atoms with Gasteiger partial charge in [0, 0.05) is 34.4 Å². The Morgan fingerprint density at radius 3 is 2.41 bits per heavy atom. The molecule has 1 aliphatic heterocycles. The molecule has 2 unspecified atom stereocenters. The smallest absolute Gasteiger partial charge is 0.112 e. The molecule has 8 heteroatoms. The van der Waals surface area contributed by atoms with Crippen molar-refractivity contribution < 1.29 is 0 Å². The first-order valence-corrected chi connectivity index (χ1v) is 12.6. The van der Waals surface area contributed by atoms with E-state index in [4.69, 9.17) is 28.6 Å².